The van der Waals surface area contributed by atoms with E-state index in [0.29, 0.717) is 9.99 Å². The van der Waals surface area contributed by atoms with E-state index < -0.39 is 28.4 Å². The van der Waals surface area contributed by atoms with Crippen molar-refractivity contribution >= 4 is 27.5 Å². The Bertz CT molecular complexity index is 1170. The number of carbonyl (C=O) groups excluding carboxylic acids is 2. The molecule has 0 saturated heterocycles. The molecular formula is C21H16N2O4S. The molecule has 0 atom stereocenters. The van der Waals surface area contributed by atoms with Crippen LogP contribution in [0.3, 0.4) is 0 Å². The van der Waals surface area contributed by atoms with Gasteiger partial charge in [0.15, 0.2) is 0 Å². The zero-order chi connectivity index (χ0) is 19.7. The molecule has 28 heavy (non-hydrogen) atoms. The largest absolute Gasteiger partial charge is 0.324 e. The lowest BCUT2D eigenvalue weighted by molar-refractivity contribution is -0.116. The normalized spacial score (nSPS) is 14.6. The van der Waals surface area contributed by atoms with Crippen LogP contribution in [0.25, 0.3) is 11.1 Å². The zero-order valence-corrected chi connectivity index (χ0v) is 15.5. The van der Waals surface area contributed by atoms with Crippen molar-refractivity contribution in [1.82, 2.24) is 4.31 Å². The molecule has 3 aromatic rings. The number of amides is 2. The van der Waals surface area contributed by atoms with Crippen molar-refractivity contribution < 1.29 is 18.0 Å². The molecule has 0 fully saturated rings. The number of rotatable bonds is 4. The van der Waals surface area contributed by atoms with E-state index in [0.717, 1.165) is 11.1 Å². The van der Waals surface area contributed by atoms with Crippen LogP contribution in [-0.4, -0.2) is 31.1 Å². The van der Waals surface area contributed by atoms with Crippen molar-refractivity contribution in [2.45, 2.75) is 4.90 Å². The highest BCUT2D eigenvalue weighted by molar-refractivity contribution is 7.90. The maximum absolute atomic E-state index is 12.6. The minimum atomic E-state index is -4.02. The van der Waals surface area contributed by atoms with Crippen LogP contribution < -0.4 is 5.32 Å². The molecule has 0 aromatic heterocycles. The molecule has 140 valence electrons. The molecule has 3 aromatic carbocycles. The molecular weight excluding hydrogens is 376 g/mol. The number of para-hydroxylation sites is 1. The van der Waals surface area contributed by atoms with Gasteiger partial charge in [-0.15, -0.1) is 0 Å². The zero-order valence-electron chi connectivity index (χ0n) is 14.7. The van der Waals surface area contributed by atoms with Crippen LogP contribution in [0.15, 0.2) is 83.8 Å². The molecule has 1 aliphatic heterocycles. The van der Waals surface area contributed by atoms with Crippen LogP contribution in [0, 0.1) is 0 Å². The van der Waals surface area contributed by atoms with Crippen molar-refractivity contribution in [2.75, 3.05) is 11.9 Å². The first-order chi connectivity index (χ1) is 13.5. The van der Waals surface area contributed by atoms with E-state index in [4.69, 9.17) is 0 Å². The second-order valence-corrected chi connectivity index (χ2v) is 8.10. The van der Waals surface area contributed by atoms with Crippen LogP contribution in [-0.2, 0) is 14.8 Å². The molecule has 0 unspecified atom stereocenters. The van der Waals surface area contributed by atoms with Gasteiger partial charge in [-0.1, -0.05) is 60.7 Å². The maximum Gasteiger partial charge on any atom is 0.269 e. The number of nitrogens with one attached hydrogen (secondary N) is 1. The number of sulfonamides is 1. The molecule has 0 spiro atoms. The molecule has 4 rings (SSSR count). The highest BCUT2D eigenvalue weighted by atomic mass is 32.2. The lowest BCUT2D eigenvalue weighted by Gasteiger charge is -2.16. The fourth-order valence-electron chi connectivity index (χ4n) is 3.17. The van der Waals surface area contributed by atoms with Crippen molar-refractivity contribution in [1.29, 1.82) is 0 Å². The molecule has 7 heteroatoms. The predicted octanol–water partition coefficient (Wildman–Crippen LogP) is 3.14. The first-order valence-electron chi connectivity index (χ1n) is 8.59. The molecule has 6 nitrogen and oxygen atoms in total. The van der Waals surface area contributed by atoms with Gasteiger partial charge in [0.25, 0.3) is 15.9 Å². The smallest absolute Gasteiger partial charge is 0.269 e. The summed E-state index contributed by atoms with van der Waals surface area (Å²) in [4.78, 5) is 25.0. The Hall–Kier alpha value is -3.45. The number of nitrogens with zero attached hydrogens (tertiary/aromatic N) is 1. The average Bonchev–Trinajstić information content (AvgIpc) is 2.90. The van der Waals surface area contributed by atoms with Crippen LogP contribution in [0.1, 0.15) is 10.4 Å². The Morgan fingerprint density at radius 1 is 0.821 bits per heavy atom. The van der Waals surface area contributed by atoms with Gasteiger partial charge in [-0.3, -0.25) is 9.59 Å². The summed E-state index contributed by atoms with van der Waals surface area (Å²) in [6.45, 7) is -0.584. The third kappa shape index (κ3) is 3.05. The minimum Gasteiger partial charge on any atom is -0.324 e. The highest BCUT2D eigenvalue weighted by Gasteiger charge is 2.41. The summed E-state index contributed by atoms with van der Waals surface area (Å²) in [7, 11) is -4.02. The number of hydrogen-bond acceptors (Lipinski definition) is 4. The summed E-state index contributed by atoms with van der Waals surface area (Å²) in [6, 6.07) is 22.7. The summed E-state index contributed by atoms with van der Waals surface area (Å²) in [5, 5.41) is 2.72. The SMILES string of the molecule is O=C(CN1C(=O)c2ccccc2S1(=O)=O)Nc1ccccc1-c1ccccc1. The fraction of sp³-hybridized carbons (Fsp3) is 0.0476. The van der Waals surface area contributed by atoms with E-state index >= 15 is 0 Å². The summed E-state index contributed by atoms with van der Waals surface area (Å²) in [5.41, 5.74) is 2.34. The van der Waals surface area contributed by atoms with Gasteiger partial charge >= 0.3 is 0 Å². The second kappa shape index (κ2) is 6.94. The van der Waals surface area contributed by atoms with Gasteiger partial charge in [-0.05, 0) is 23.8 Å². The molecule has 0 aliphatic carbocycles. The molecule has 1 N–H and O–H groups in total. The number of anilines is 1. The fourth-order valence-corrected chi connectivity index (χ4v) is 4.69. The predicted molar refractivity (Wildman–Crippen MR) is 105 cm³/mol. The van der Waals surface area contributed by atoms with E-state index in [-0.39, 0.29) is 10.5 Å². The summed E-state index contributed by atoms with van der Waals surface area (Å²) in [5.74, 6) is -1.28. The summed E-state index contributed by atoms with van der Waals surface area (Å²) >= 11 is 0. The summed E-state index contributed by atoms with van der Waals surface area (Å²) < 4.78 is 25.8. The Kier molecular flexibility index (Phi) is 4.44. The summed E-state index contributed by atoms with van der Waals surface area (Å²) in [6.07, 6.45) is 0. The molecule has 1 aliphatic rings. The molecule has 1 heterocycles. The first-order valence-corrected chi connectivity index (χ1v) is 10.0. The van der Waals surface area contributed by atoms with Crippen molar-refractivity contribution in [3.05, 3.63) is 84.4 Å². The minimum absolute atomic E-state index is 0.0718. The topological polar surface area (TPSA) is 83.6 Å². The van der Waals surface area contributed by atoms with Crippen LogP contribution >= 0.6 is 0 Å². The Balaban J connectivity index is 1.58. The molecule has 0 saturated carbocycles. The third-order valence-electron chi connectivity index (χ3n) is 4.49. The Morgan fingerprint density at radius 2 is 1.43 bits per heavy atom. The van der Waals surface area contributed by atoms with Gasteiger partial charge in [-0.25, -0.2) is 12.7 Å². The Morgan fingerprint density at radius 3 is 2.14 bits per heavy atom. The van der Waals surface area contributed by atoms with E-state index in [1.165, 1.54) is 12.1 Å². The van der Waals surface area contributed by atoms with Crippen LogP contribution in [0.4, 0.5) is 5.69 Å². The van der Waals surface area contributed by atoms with E-state index in [2.05, 4.69) is 5.32 Å². The quantitative estimate of drug-likeness (QED) is 0.739. The van der Waals surface area contributed by atoms with Crippen molar-refractivity contribution in [2.24, 2.45) is 0 Å². The second-order valence-electron chi connectivity index (χ2n) is 6.27. The molecule has 0 radical (unpaired) electrons. The van der Waals surface area contributed by atoms with Crippen molar-refractivity contribution in [3.8, 4) is 11.1 Å². The van der Waals surface area contributed by atoms with Gasteiger partial charge in [0.2, 0.25) is 5.91 Å². The van der Waals surface area contributed by atoms with E-state index in [1.54, 1.807) is 24.3 Å². The lowest BCUT2D eigenvalue weighted by atomic mass is 10.0. The van der Waals surface area contributed by atoms with Crippen LogP contribution in [0.5, 0.6) is 0 Å². The number of fused-ring (bicyclic) bond motifs is 1. The first kappa shape index (κ1) is 17.9. The molecule has 0 bridgehead atoms. The highest BCUT2D eigenvalue weighted by Crippen LogP contribution is 2.30. The average molecular weight is 392 g/mol. The number of hydrogen-bond donors (Lipinski definition) is 1. The number of benzene rings is 3. The van der Waals surface area contributed by atoms with E-state index in [1.807, 2.05) is 42.5 Å². The van der Waals surface area contributed by atoms with Gasteiger partial charge in [0.1, 0.15) is 11.4 Å². The van der Waals surface area contributed by atoms with Gasteiger partial charge in [0.05, 0.1) is 5.56 Å². The maximum atomic E-state index is 12.6. The lowest BCUT2D eigenvalue weighted by Crippen LogP contribution is -2.37. The van der Waals surface area contributed by atoms with Crippen molar-refractivity contribution in [3.63, 3.8) is 0 Å². The van der Waals surface area contributed by atoms with Crippen LogP contribution in [0.2, 0.25) is 0 Å². The third-order valence-corrected chi connectivity index (χ3v) is 6.27. The monoisotopic (exact) mass is 392 g/mol. The van der Waals surface area contributed by atoms with E-state index in [9.17, 15) is 18.0 Å². The van der Waals surface area contributed by atoms with Gasteiger partial charge in [0, 0.05) is 11.3 Å². The Labute approximate surface area is 162 Å². The standard InChI is InChI=1S/C21H16N2O4S/c24-20(14-23-21(25)17-11-5-7-13-19(17)28(23,26)27)22-18-12-6-4-10-16(18)15-8-2-1-3-9-15/h1-13H,14H2,(H,22,24). The van der Waals surface area contributed by atoms with Gasteiger partial charge in [-0.2, -0.15) is 0 Å². The number of carbonyl (C=O) groups is 2. The van der Waals surface area contributed by atoms with Gasteiger partial charge < -0.3 is 5.32 Å². The molecule has 2 amide bonds.